The lowest BCUT2D eigenvalue weighted by molar-refractivity contribution is 0.547. The van der Waals surface area contributed by atoms with E-state index in [1.807, 2.05) is 30.3 Å². The van der Waals surface area contributed by atoms with Gasteiger partial charge in [-0.25, -0.2) is 4.98 Å². The number of benzene rings is 1. The van der Waals surface area contributed by atoms with E-state index in [9.17, 15) is 0 Å². The van der Waals surface area contributed by atoms with Crippen LogP contribution in [0.2, 0.25) is 0 Å². The number of anilines is 3. The van der Waals surface area contributed by atoms with Gasteiger partial charge in [-0.1, -0.05) is 50.7 Å². The van der Waals surface area contributed by atoms with E-state index in [1.165, 1.54) is 11.8 Å². The maximum absolute atomic E-state index is 5.79. The Hall–Kier alpha value is -2.68. The highest BCUT2D eigenvalue weighted by Gasteiger charge is 2.19. The van der Waals surface area contributed by atoms with Crippen molar-refractivity contribution in [2.24, 2.45) is 0 Å². The number of hydrogen-bond donors (Lipinski definition) is 3. The molecule has 0 aliphatic rings. The Labute approximate surface area is 150 Å². The van der Waals surface area contributed by atoms with Crippen molar-refractivity contribution in [1.82, 2.24) is 30.1 Å². The lowest BCUT2D eigenvalue weighted by Crippen LogP contribution is -2.13. The molecule has 0 aliphatic heterocycles. The lowest BCUT2D eigenvalue weighted by atomic mass is 9.96. The van der Waals surface area contributed by atoms with Crippen LogP contribution in [0.15, 0.2) is 35.5 Å². The Kier molecular flexibility index (Phi) is 4.84. The number of H-pyrrole nitrogens is 1. The molecular weight excluding hydrogens is 336 g/mol. The molecule has 0 unspecified atom stereocenters. The molecule has 0 spiro atoms. The Morgan fingerprint density at radius 1 is 1.08 bits per heavy atom. The number of hydrogen-bond acceptors (Lipinski definition) is 8. The number of aromatic nitrogens is 6. The molecule has 0 saturated carbocycles. The van der Waals surface area contributed by atoms with E-state index < -0.39 is 0 Å². The van der Waals surface area contributed by atoms with E-state index in [1.54, 1.807) is 0 Å². The number of nitrogens with one attached hydrogen (secondary N) is 2. The topological polar surface area (TPSA) is 118 Å². The summed E-state index contributed by atoms with van der Waals surface area (Å²) >= 11 is 1.44. The molecule has 8 nitrogen and oxygen atoms in total. The fourth-order valence-electron chi connectivity index (χ4n) is 1.98. The third-order valence-electron chi connectivity index (χ3n) is 3.23. The second kappa shape index (κ2) is 7.06. The second-order valence-corrected chi connectivity index (χ2v) is 7.37. The van der Waals surface area contributed by atoms with Gasteiger partial charge in [0.2, 0.25) is 17.1 Å². The molecule has 2 aromatic heterocycles. The fourth-order valence-corrected chi connectivity index (χ4v) is 2.64. The van der Waals surface area contributed by atoms with Crippen LogP contribution >= 0.6 is 11.8 Å². The van der Waals surface area contributed by atoms with Crippen molar-refractivity contribution in [2.45, 2.75) is 37.1 Å². The van der Waals surface area contributed by atoms with E-state index in [4.69, 9.17) is 5.73 Å². The van der Waals surface area contributed by atoms with Crippen molar-refractivity contribution in [3.63, 3.8) is 0 Å². The number of rotatable bonds is 5. The van der Waals surface area contributed by atoms with Crippen molar-refractivity contribution in [3.05, 3.63) is 42.0 Å². The summed E-state index contributed by atoms with van der Waals surface area (Å²) in [4.78, 5) is 17.2. The summed E-state index contributed by atoms with van der Waals surface area (Å²) < 4.78 is 0. The normalized spacial score (nSPS) is 11.5. The van der Waals surface area contributed by atoms with Crippen LogP contribution in [0.3, 0.4) is 0 Å². The number of nitrogens with zero attached hydrogens (tertiary/aromatic N) is 5. The third kappa shape index (κ3) is 4.66. The predicted octanol–water partition coefficient (Wildman–Crippen LogP) is 2.91. The molecular formula is C16H20N8S. The monoisotopic (exact) mass is 356 g/mol. The summed E-state index contributed by atoms with van der Waals surface area (Å²) in [6.45, 7) is 6.24. The molecule has 0 atom stereocenters. The molecule has 130 valence electrons. The number of para-hydroxylation sites is 1. The molecule has 3 aromatic rings. The minimum absolute atomic E-state index is 0.0732. The van der Waals surface area contributed by atoms with Crippen molar-refractivity contribution in [2.75, 3.05) is 11.1 Å². The summed E-state index contributed by atoms with van der Waals surface area (Å²) in [7, 11) is 0. The van der Waals surface area contributed by atoms with Crippen molar-refractivity contribution < 1.29 is 0 Å². The van der Waals surface area contributed by atoms with Gasteiger partial charge in [0, 0.05) is 11.1 Å². The van der Waals surface area contributed by atoms with Crippen LogP contribution in [0.5, 0.6) is 0 Å². The van der Waals surface area contributed by atoms with Gasteiger partial charge in [0.25, 0.3) is 0 Å². The minimum atomic E-state index is -0.0732. The second-order valence-electron chi connectivity index (χ2n) is 6.43. The summed E-state index contributed by atoms with van der Waals surface area (Å²) in [5.41, 5.74) is 6.61. The minimum Gasteiger partial charge on any atom is -0.368 e. The molecule has 0 saturated heterocycles. The SMILES string of the molecule is CC(C)(C)c1nc(SCc2nc(N)nc(Nc3ccccc3)n2)n[nH]1. The molecule has 0 bridgehead atoms. The standard InChI is InChI=1S/C16H20N8S/c1-16(2,3)12-21-15(24-23-12)25-9-11-19-13(17)22-14(20-11)18-10-7-5-4-6-8-10/h4-8H,9H2,1-3H3,(H,21,23,24)(H3,17,18,19,20,22). The number of nitrogens with two attached hydrogens (primary N) is 1. The molecule has 3 rings (SSSR count). The largest absolute Gasteiger partial charge is 0.368 e. The maximum atomic E-state index is 5.79. The van der Waals surface area contributed by atoms with Gasteiger partial charge in [-0.2, -0.15) is 15.0 Å². The molecule has 1 aromatic carbocycles. The summed E-state index contributed by atoms with van der Waals surface area (Å²) in [6, 6.07) is 9.66. The van der Waals surface area contributed by atoms with Crippen LogP contribution < -0.4 is 11.1 Å². The molecule has 0 fully saturated rings. The number of nitrogen functional groups attached to an aromatic ring is 1. The first-order valence-electron chi connectivity index (χ1n) is 7.78. The first-order chi connectivity index (χ1) is 11.9. The number of aromatic amines is 1. The Morgan fingerprint density at radius 2 is 1.84 bits per heavy atom. The quantitative estimate of drug-likeness (QED) is 0.597. The van der Waals surface area contributed by atoms with Crippen LogP contribution in [0.4, 0.5) is 17.6 Å². The third-order valence-corrected chi connectivity index (χ3v) is 4.08. The Bertz CT molecular complexity index is 841. The van der Waals surface area contributed by atoms with Gasteiger partial charge < -0.3 is 11.1 Å². The van der Waals surface area contributed by atoms with E-state index in [0.717, 1.165) is 11.5 Å². The Morgan fingerprint density at radius 3 is 2.52 bits per heavy atom. The lowest BCUT2D eigenvalue weighted by Gasteiger charge is -2.12. The Balaban J connectivity index is 1.69. The van der Waals surface area contributed by atoms with E-state index in [0.29, 0.717) is 22.7 Å². The first kappa shape index (κ1) is 17.2. The van der Waals surface area contributed by atoms with E-state index in [2.05, 4.69) is 56.2 Å². The average Bonchev–Trinajstić information content (AvgIpc) is 3.03. The molecule has 9 heteroatoms. The predicted molar refractivity (Wildman–Crippen MR) is 98.6 cm³/mol. The highest BCUT2D eigenvalue weighted by molar-refractivity contribution is 7.98. The van der Waals surface area contributed by atoms with Crippen molar-refractivity contribution >= 4 is 29.3 Å². The van der Waals surface area contributed by atoms with Crippen LogP contribution in [0, 0.1) is 0 Å². The highest BCUT2D eigenvalue weighted by Crippen LogP contribution is 2.23. The van der Waals surface area contributed by atoms with Crippen molar-refractivity contribution in [1.29, 1.82) is 0 Å². The summed E-state index contributed by atoms with van der Waals surface area (Å²) in [5.74, 6) is 2.50. The summed E-state index contributed by atoms with van der Waals surface area (Å²) in [6.07, 6.45) is 0. The van der Waals surface area contributed by atoms with Crippen molar-refractivity contribution in [3.8, 4) is 0 Å². The van der Waals surface area contributed by atoms with Crippen LogP contribution in [-0.4, -0.2) is 30.1 Å². The van der Waals surface area contributed by atoms with Gasteiger partial charge in [0.1, 0.15) is 11.6 Å². The van der Waals surface area contributed by atoms with Gasteiger partial charge in [-0.15, -0.1) is 5.10 Å². The average molecular weight is 356 g/mol. The van der Waals surface area contributed by atoms with Gasteiger partial charge in [-0.3, -0.25) is 5.10 Å². The molecule has 2 heterocycles. The van der Waals surface area contributed by atoms with Crippen LogP contribution in [-0.2, 0) is 11.2 Å². The highest BCUT2D eigenvalue weighted by atomic mass is 32.2. The fraction of sp³-hybridized carbons (Fsp3) is 0.312. The first-order valence-corrected chi connectivity index (χ1v) is 8.77. The zero-order valence-electron chi connectivity index (χ0n) is 14.3. The molecule has 25 heavy (non-hydrogen) atoms. The summed E-state index contributed by atoms with van der Waals surface area (Å²) in [5, 5.41) is 11.0. The molecule has 4 N–H and O–H groups in total. The van der Waals surface area contributed by atoms with Crippen LogP contribution in [0.1, 0.15) is 32.4 Å². The smallest absolute Gasteiger partial charge is 0.232 e. The van der Waals surface area contributed by atoms with Gasteiger partial charge in [0.05, 0.1) is 5.75 Å². The van der Waals surface area contributed by atoms with Gasteiger partial charge in [0.15, 0.2) is 0 Å². The zero-order valence-corrected chi connectivity index (χ0v) is 15.1. The molecule has 0 aliphatic carbocycles. The van der Waals surface area contributed by atoms with Gasteiger partial charge >= 0.3 is 0 Å². The van der Waals surface area contributed by atoms with Crippen LogP contribution in [0.25, 0.3) is 0 Å². The van der Waals surface area contributed by atoms with Gasteiger partial charge in [-0.05, 0) is 12.1 Å². The number of thioether (sulfide) groups is 1. The molecule has 0 amide bonds. The maximum Gasteiger partial charge on any atom is 0.232 e. The zero-order chi connectivity index (χ0) is 17.9. The molecule has 0 radical (unpaired) electrons. The van der Waals surface area contributed by atoms with E-state index >= 15 is 0 Å². The van der Waals surface area contributed by atoms with E-state index in [-0.39, 0.29) is 11.4 Å².